The number of hydrogen-bond acceptors (Lipinski definition) is 7. The van der Waals surface area contributed by atoms with Gasteiger partial charge in [0.25, 0.3) is 10.1 Å². The summed E-state index contributed by atoms with van der Waals surface area (Å²) in [6.07, 6.45) is 0. The van der Waals surface area contributed by atoms with Crippen molar-refractivity contribution in [1.29, 1.82) is 0 Å². The van der Waals surface area contributed by atoms with Crippen LogP contribution in [0.25, 0.3) is 0 Å². The Balaban J connectivity index is 0.000000296. The standard InChI is InChI=1S/C9H12N2O4S.C9H12O3S/c10-6-8(9(12)13)11-16(14,15)7-4-2-1-3-5-7;1-3-12-13(10,11)9-6-4-8(2)5-7-9/h1-5,8,11H,6,10H2,(H,12,13);4-7H,3H2,1-2H3. The van der Waals surface area contributed by atoms with E-state index in [2.05, 4.69) is 4.18 Å². The van der Waals surface area contributed by atoms with Crippen molar-refractivity contribution >= 4 is 26.1 Å². The third-order valence-electron chi connectivity index (χ3n) is 3.47. The van der Waals surface area contributed by atoms with Crippen LogP contribution in [0, 0.1) is 6.92 Å². The van der Waals surface area contributed by atoms with Crippen LogP contribution in [0.3, 0.4) is 0 Å². The molecule has 9 nitrogen and oxygen atoms in total. The first-order valence-electron chi connectivity index (χ1n) is 8.50. The molecule has 0 aromatic heterocycles. The third kappa shape index (κ3) is 7.91. The first-order chi connectivity index (χ1) is 13.5. The molecule has 2 aromatic carbocycles. The van der Waals surface area contributed by atoms with E-state index in [0.717, 1.165) is 5.56 Å². The first kappa shape index (κ1) is 24.7. The largest absolute Gasteiger partial charge is 0.480 e. The maximum atomic E-state index is 11.7. The van der Waals surface area contributed by atoms with E-state index >= 15 is 0 Å². The Kier molecular flexibility index (Phi) is 9.40. The van der Waals surface area contributed by atoms with Gasteiger partial charge in [0.1, 0.15) is 6.04 Å². The highest BCUT2D eigenvalue weighted by Crippen LogP contribution is 2.12. The summed E-state index contributed by atoms with van der Waals surface area (Å²) in [6.45, 7) is 3.40. The summed E-state index contributed by atoms with van der Waals surface area (Å²) in [7, 11) is -7.35. The van der Waals surface area contributed by atoms with E-state index < -0.39 is 32.2 Å². The number of hydrogen-bond donors (Lipinski definition) is 3. The molecule has 0 aliphatic heterocycles. The summed E-state index contributed by atoms with van der Waals surface area (Å²) in [5, 5.41) is 8.68. The van der Waals surface area contributed by atoms with E-state index in [4.69, 9.17) is 10.8 Å². The Hall–Kier alpha value is -2.31. The Bertz CT molecular complexity index is 990. The highest BCUT2D eigenvalue weighted by Gasteiger charge is 2.23. The predicted molar refractivity (Wildman–Crippen MR) is 107 cm³/mol. The topological polar surface area (TPSA) is 153 Å². The number of aliphatic carboxylic acids is 1. The lowest BCUT2D eigenvalue weighted by molar-refractivity contribution is -0.138. The number of rotatable bonds is 8. The van der Waals surface area contributed by atoms with Crippen LogP contribution in [0.2, 0.25) is 0 Å². The van der Waals surface area contributed by atoms with Crippen molar-refractivity contribution in [3.8, 4) is 0 Å². The zero-order valence-electron chi connectivity index (χ0n) is 16.0. The fourth-order valence-electron chi connectivity index (χ4n) is 1.98. The van der Waals surface area contributed by atoms with Crippen molar-refractivity contribution in [2.24, 2.45) is 5.73 Å². The van der Waals surface area contributed by atoms with Crippen molar-refractivity contribution in [2.45, 2.75) is 29.7 Å². The molecule has 0 saturated carbocycles. The van der Waals surface area contributed by atoms with Crippen molar-refractivity contribution in [1.82, 2.24) is 4.72 Å². The Morgan fingerprint density at radius 2 is 1.59 bits per heavy atom. The number of carboxylic acid groups (broad SMARTS) is 1. The maximum absolute atomic E-state index is 11.7. The van der Waals surface area contributed by atoms with Gasteiger partial charge < -0.3 is 10.8 Å². The average molecular weight is 445 g/mol. The van der Waals surface area contributed by atoms with Crippen LogP contribution in [-0.4, -0.2) is 47.1 Å². The van der Waals surface area contributed by atoms with Crippen molar-refractivity contribution in [2.75, 3.05) is 13.2 Å². The second-order valence-electron chi connectivity index (χ2n) is 5.73. The van der Waals surface area contributed by atoms with Gasteiger partial charge in [-0.25, -0.2) is 8.42 Å². The molecule has 0 aliphatic rings. The lowest BCUT2D eigenvalue weighted by Gasteiger charge is -2.12. The van der Waals surface area contributed by atoms with E-state index in [1.54, 1.807) is 49.4 Å². The van der Waals surface area contributed by atoms with Crippen LogP contribution < -0.4 is 10.5 Å². The summed E-state index contributed by atoms with van der Waals surface area (Å²) in [4.78, 5) is 10.8. The molecule has 0 aliphatic carbocycles. The Morgan fingerprint density at radius 3 is 2.03 bits per heavy atom. The molecule has 160 valence electrons. The molecule has 2 aromatic rings. The number of sulfonamides is 1. The minimum atomic E-state index is -3.83. The van der Waals surface area contributed by atoms with Crippen LogP contribution in [0.5, 0.6) is 0 Å². The molecular formula is C18H24N2O7S2. The maximum Gasteiger partial charge on any atom is 0.323 e. The molecule has 0 heterocycles. The van der Waals surface area contributed by atoms with Crippen LogP contribution in [-0.2, 0) is 29.1 Å². The van der Waals surface area contributed by atoms with Gasteiger partial charge in [0, 0.05) is 6.54 Å². The van der Waals surface area contributed by atoms with Gasteiger partial charge >= 0.3 is 5.97 Å². The van der Waals surface area contributed by atoms with E-state index in [9.17, 15) is 21.6 Å². The Morgan fingerprint density at radius 1 is 1.03 bits per heavy atom. The van der Waals surface area contributed by atoms with Gasteiger partial charge in [-0.05, 0) is 38.1 Å². The lowest BCUT2D eigenvalue weighted by Crippen LogP contribution is -2.45. The SMILES string of the molecule is CCOS(=O)(=O)c1ccc(C)cc1.NCC(NS(=O)(=O)c1ccccc1)C(=O)O. The van der Waals surface area contributed by atoms with E-state index in [1.165, 1.54) is 12.1 Å². The summed E-state index contributed by atoms with van der Waals surface area (Å²) < 4.78 is 52.6. The van der Waals surface area contributed by atoms with Crippen molar-refractivity contribution in [3.63, 3.8) is 0 Å². The van der Waals surface area contributed by atoms with Gasteiger partial charge in [-0.3, -0.25) is 8.98 Å². The quantitative estimate of drug-likeness (QED) is 0.512. The molecule has 1 unspecified atom stereocenters. The average Bonchev–Trinajstić information content (AvgIpc) is 2.67. The van der Waals surface area contributed by atoms with E-state index in [1.807, 2.05) is 11.6 Å². The molecule has 0 saturated heterocycles. The van der Waals surface area contributed by atoms with Gasteiger partial charge in [0.2, 0.25) is 10.0 Å². The lowest BCUT2D eigenvalue weighted by atomic mass is 10.2. The Labute approximate surface area is 170 Å². The normalized spacial score (nSPS) is 12.5. The minimum absolute atomic E-state index is 0.00898. The summed E-state index contributed by atoms with van der Waals surface area (Å²) >= 11 is 0. The van der Waals surface area contributed by atoms with Gasteiger partial charge in [-0.2, -0.15) is 13.1 Å². The number of nitrogens with two attached hydrogens (primary N) is 1. The predicted octanol–water partition coefficient (Wildman–Crippen LogP) is 1.10. The van der Waals surface area contributed by atoms with Crippen molar-refractivity contribution in [3.05, 3.63) is 60.2 Å². The summed E-state index contributed by atoms with van der Waals surface area (Å²) in [5.41, 5.74) is 6.17. The molecule has 2 rings (SSSR count). The van der Waals surface area contributed by atoms with Gasteiger partial charge in [0.05, 0.1) is 16.4 Å². The number of benzene rings is 2. The molecule has 4 N–H and O–H groups in total. The minimum Gasteiger partial charge on any atom is -0.480 e. The number of aryl methyl sites for hydroxylation is 1. The molecule has 0 amide bonds. The molecule has 1 atom stereocenters. The third-order valence-corrected chi connectivity index (χ3v) is 6.35. The highest BCUT2D eigenvalue weighted by molar-refractivity contribution is 7.89. The van der Waals surface area contributed by atoms with Crippen molar-refractivity contribution < 1.29 is 30.9 Å². The van der Waals surface area contributed by atoms with Crippen LogP contribution in [0.4, 0.5) is 0 Å². The second kappa shape index (κ2) is 11.0. The number of carbonyl (C=O) groups is 1. The van der Waals surface area contributed by atoms with Crippen LogP contribution in [0.15, 0.2) is 64.4 Å². The van der Waals surface area contributed by atoms with Crippen LogP contribution in [0.1, 0.15) is 12.5 Å². The molecule has 0 fully saturated rings. The first-order valence-corrected chi connectivity index (χ1v) is 11.4. The zero-order chi connectivity index (χ0) is 22.1. The number of carboxylic acids is 1. The van der Waals surface area contributed by atoms with E-state index in [-0.39, 0.29) is 22.9 Å². The molecule has 11 heteroatoms. The zero-order valence-corrected chi connectivity index (χ0v) is 17.6. The fourth-order valence-corrected chi connectivity index (χ4v) is 4.12. The highest BCUT2D eigenvalue weighted by atomic mass is 32.2. The summed E-state index contributed by atoms with van der Waals surface area (Å²) in [6, 6.07) is 12.8. The molecule has 29 heavy (non-hydrogen) atoms. The number of nitrogens with one attached hydrogen (secondary N) is 1. The fraction of sp³-hybridized carbons (Fsp3) is 0.278. The molecule has 0 spiro atoms. The molecule has 0 bridgehead atoms. The van der Waals surface area contributed by atoms with Gasteiger partial charge in [-0.1, -0.05) is 35.9 Å². The second-order valence-corrected chi connectivity index (χ2v) is 9.06. The molecular weight excluding hydrogens is 420 g/mol. The summed E-state index contributed by atoms with van der Waals surface area (Å²) in [5.74, 6) is -1.30. The molecule has 0 radical (unpaired) electrons. The van der Waals surface area contributed by atoms with Gasteiger partial charge in [0.15, 0.2) is 0 Å². The smallest absolute Gasteiger partial charge is 0.323 e. The van der Waals surface area contributed by atoms with E-state index in [0.29, 0.717) is 0 Å². The van der Waals surface area contributed by atoms with Gasteiger partial charge in [-0.15, -0.1) is 0 Å². The monoisotopic (exact) mass is 444 g/mol. The van der Waals surface area contributed by atoms with Crippen LogP contribution >= 0.6 is 0 Å².